The Morgan fingerprint density at radius 3 is 1.92 bits per heavy atom. The van der Waals surface area contributed by atoms with Crippen molar-refractivity contribution in [3.63, 3.8) is 0 Å². The van der Waals surface area contributed by atoms with E-state index in [1.807, 2.05) is 0 Å². The second-order valence-corrected chi connectivity index (χ2v) is 5.17. The first-order chi connectivity index (χ1) is 5.97. The lowest BCUT2D eigenvalue weighted by Gasteiger charge is -2.26. The highest BCUT2D eigenvalue weighted by molar-refractivity contribution is 7.80. The molecule has 0 aromatic heterocycles. The molecule has 0 aliphatic rings. The minimum absolute atomic E-state index is 0.729. The normalized spacial score (nSPS) is 14.5. The summed E-state index contributed by atoms with van der Waals surface area (Å²) in [5, 5.41) is 0. The lowest BCUT2D eigenvalue weighted by atomic mass is 9.97. The van der Waals surface area contributed by atoms with Crippen LogP contribution in [-0.4, -0.2) is 30.8 Å². The molecule has 13 heavy (non-hydrogen) atoms. The Balaban J connectivity index is 3.79. The van der Waals surface area contributed by atoms with Crippen LogP contribution in [0.1, 0.15) is 27.7 Å². The first-order valence-electron chi connectivity index (χ1n) is 5.26. The molecule has 0 aromatic rings. The summed E-state index contributed by atoms with van der Waals surface area (Å²) in [4.78, 5) is 2.42. The fourth-order valence-corrected chi connectivity index (χ4v) is 2.11. The molecule has 1 atom stereocenters. The third kappa shape index (κ3) is 6.39. The summed E-state index contributed by atoms with van der Waals surface area (Å²) < 4.78 is 0. The Kier molecular flexibility index (Phi) is 6.88. The molecule has 0 amide bonds. The van der Waals surface area contributed by atoms with Gasteiger partial charge < -0.3 is 4.90 Å². The van der Waals surface area contributed by atoms with Crippen LogP contribution in [0.4, 0.5) is 0 Å². The van der Waals surface area contributed by atoms with Crippen molar-refractivity contribution in [2.75, 3.05) is 25.9 Å². The van der Waals surface area contributed by atoms with Gasteiger partial charge in [0.1, 0.15) is 0 Å². The largest absolute Gasteiger partial charge is 0.306 e. The molecule has 0 saturated heterocycles. The predicted octanol–water partition coefficient (Wildman–Crippen LogP) is 2.78. The maximum Gasteiger partial charge on any atom is 0.00170 e. The van der Waals surface area contributed by atoms with Crippen molar-refractivity contribution >= 4 is 12.6 Å². The van der Waals surface area contributed by atoms with E-state index in [0.29, 0.717) is 0 Å². The molecule has 0 aliphatic heterocycles. The van der Waals surface area contributed by atoms with Crippen molar-refractivity contribution in [2.24, 2.45) is 17.8 Å². The lowest BCUT2D eigenvalue weighted by Crippen LogP contribution is -2.32. The van der Waals surface area contributed by atoms with Crippen LogP contribution < -0.4 is 0 Å². The predicted molar refractivity (Wildman–Crippen MR) is 64.5 cm³/mol. The van der Waals surface area contributed by atoms with E-state index in [1.165, 1.54) is 13.1 Å². The highest BCUT2D eigenvalue weighted by Crippen LogP contribution is 2.14. The van der Waals surface area contributed by atoms with E-state index in [1.54, 1.807) is 0 Å². The third-order valence-electron chi connectivity index (χ3n) is 2.40. The van der Waals surface area contributed by atoms with E-state index >= 15 is 0 Å². The van der Waals surface area contributed by atoms with Gasteiger partial charge in [-0.25, -0.2) is 0 Å². The molecule has 2 heteroatoms. The van der Waals surface area contributed by atoms with Crippen molar-refractivity contribution in [3.05, 3.63) is 0 Å². The van der Waals surface area contributed by atoms with Gasteiger partial charge in [-0.15, -0.1) is 0 Å². The fraction of sp³-hybridized carbons (Fsp3) is 1.00. The molecule has 0 heterocycles. The van der Waals surface area contributed by atoms with Gasteiger partial charge in [0.15, 0.2) is 0 Å². The first-order valence-corrected chi connectivity index (χ1v) is 5.90. The first kappa shape index (κ1) is 13.3. The molecule has 0 spiro atoms. The summed E-state index contributed by atoms with van der Waals surface area (Å²) in [6.45, 7) is 11.5. The maximum atomic E-state index is 4.39. The molecule has 0 aromatic carbocycles. The van der Waals surface area contributed by atoms with Crippen LogP contribution in [0.25, 0.3) is 0 Å². The number of nitrogens with zero attached hydrogens (tertiary/aromatic N) is 1. The molecule has 1 nitrogen and oxygen atoms in total. The Morgan fingerprint density at radius 2 is 1.62 bits per heavy atom. The summed E-state index contributed by atoms with van der Waals surface area (Å²) >= 11 is 4.39. The van der Waals surface area contributed by atoms with Crippen LogP contribution in [-0.2, 0) is 0 Å². The Morgan fingerprint density at radius 1 is 1.08 bits per heavy atom. The minimum atomic E-state index is 0.729. The van der Waals surface area contributed by atoms with Gasteiger partial charge in [-0.05, 0) is 30.6 Å². The summed E-state index contributed by atoms with van der Waals surface area (Å²) in [7, 11) is 2.21. The Labute approximate surface area is 89.3 Å². The van der Waals surface area contributed by atoms with Crippen LogP contribution in [0.15, 0.2) is 0 Å². The topological polar surface area (TPSA) is 3.24 Å². The second-order valence-electron chi connectivity index (χ2n) is 4.80. The molecule has 80 valence electrons. The van der Waals surface area contributed by atoms with E-state index in [0.717, 1.165) is 23.5 Å². The van der Waals surface area contributed by atoms with Gasteiger partial charge >= 0.3 is 0 Å². The summed E-state index contributed by atoms with van der Waals surface area (Å²) in [6.07, 6.45) is 0. The van der Waals surface area contributed by atoms with E-state index < -0.39 is 0 Å². The van der Waals surface area contributed by atoms with E-state index in [2.05, 4.69) is 52.3 Å². The molecule has 0 bridgehead atoms. The summed E-state index contributed by atoms with van der Waals surface area (Å²) in [6, 6.07) is 0. The molecule has 1 unspecified atom stereocenters. The van der Waals surface area contributed by atoms with Gasteiger partial charge in [0.25, 0.3) is 0 Å². The van der Waals surface area contributed by atoms with Crippen LogP contribution in [0.5, 0.6) is 0 Å². The van der Waals surface area contributed by atoms with Crippen molar-refractivity contribution in [3.8, 4) is 0 Å². The van der Waals surface area contributed by atoms with Gasteiger partial charge in [0, 0.05) is 13.1 Å². The second kappa shape index (κ2) is 6.72. The highest BCUT2D eigenvalue weighted by Gasteiger charge is 2.14. The number of thiol groups is 1. The van der Waals surface area contributed by atoms with Gasteiger partial charge in [-0.1, -0.05) is 27.7 Å². The number of rotatable bonds is 6. The van der Waals surface area contributed by atoms with Crippen LogP contribution >= 0.6 is 12.6 Å². The zero-order chi connectivity index (χ0) is 10.4. The average Bonchev–Trinajstić information content (AvgIpc) is 1.98. The van der Waals surface area contributed by atoms with E-state index in [-0.39, 0.29) is 0 Å². The zero-order valence-corrected chi connectivity index (χ0v) is 10.6. The summed E-state index contributed by atoms with van der Waals surface area (Å²) in [5.74, 6) is 3.23. The van der Waals surface area contributed by atoms with Crippen LogP contribution in [0.3, 0.4) is 0 Å². The highest BCUT2D eigenvalue weighted by atomic mass is 32.1. The Bertz CT molecular complexity index is 123. The minimum Gasteiger partial charge on any atom is -0.306 e. The lowest BCUT2D eigenvalue weighted by molar-refractivity contribution is 0.232. The maximum absolute atomic E-state index is 4.39. The van der Waals surface area contributed by atoms with Crippen molar-refractivity contribution in [2.45, 2.75) is 27.7 Å². The zero-order valence-electron chi connectivity index (χ0n) is 9.75. The molecule has 0 radical (unpaired) electrons. The van der Waals surface area contributed by atoms with Crippen molar-refractivity contribution in [1.29, 1.82) is 0 Å². The van der Waals surface area contributed by atoms with Crippen molar-refractivity contribution < 1.29 is 0 Å². The number of hydrogen-bond donors (Lipinski definition) is 1. The molecule has 0 fully saturated rings. The van der Waals surface area contributed by atoms with Crippen LogP contribution in [0, 0.1) is 17.8 Å². The summed E-state index contributed by atoms with van der Waals surface area (Å²) in [5.41, 5.74) is 0. The molecule has 0 N–H and O–H groups in total. The smallest absolute Gasteiger partial charge is 0.00170 e. The fourth-order valence-electron chi connectivity index (χ4n) is 1.58. The van der Waals surface area contributed by atoms with Gasteiger partial charge in [-0.3, -0.25) is 0 Å². The monoisotopic (exact) mass is 203 g/mol. The van der Waals surface area contributed by atoms with Crippen molar-refractivity contribution in [1.82, 2.24) is 4.90 Å². The van der Waals surface area contributed by atoms with E-state index in [9.17, 15) is 0 Å². The van der Waals surface area contributed by atoms with Gasteiger partial charge in [0.2, 0.25) is 0 Å². The third-order valence-corrected chi connectivity index (χ3v) is 2.87. The van der Waals surface area contributed by atoms with E-state index in [4.69, 9.17) is 0 Å². The molecular formula is C11H25NS. The van der Waals surface area contributed by atoms with Gasteiger partial charge in [-0.2, -0.15) is 12.6 Å². The SMILES string of the molecule is CC(C)CN(C)CC(CS)C(C)C. The average molecular weight is 203 g/mol. The standard InChI is InChI=1S/C11H25NS/c1-9(2)6-12(5)7-11(8-13)10(3)4/h9-11,13H,6-8H2,1-5H3. The molecular weight excluding hydrogens is 178 g/mol. The molecule has 0 aliphatic carbocycles. The quantitative estimate of drug-likeness (QED) is 0.650. The molecule has 0 saturated carbocycles. The van der Waals surface area contributed by atoms with Crippen LogP contribution in [0.2, 0.25) is 0 Å². The Hall–Kier alpha value is 0.310. The van der Waals surface area contributed by atoms with Gasteiger partial charge in [0.05, 0.1) is 0 Å². The number of hydrogen-bond acceptors (Lipinski definition) is 2. The molecule has 0 rings (SSSR count).